The number of hydrogen-bond acceptors (Lipinski definition) is 4. The van der Waals surface area contributed by atoms with Crippen molar-refractivity contribution in [3.05, 3.63) is 59.8 Å². The smallest absolute Gasteiger partial charge is 0.534 e. The lowest BCUT2D eigenvalue weighted by molar-refractivity contribution is 0.110. The molecule has 0 aromatic heterocycles. The van der Waals surface area contributed by atoms with Crippen molar-refractivity contribution in [3.63, 3.8) is 0 Å². The van der Waals surface area contributed by atoms with E-state index in [0.29, 0.717) is 6.04 Å². The Morgan fingerprint density at radius 2 is 2.04 bits per heavy atom. The van der Waals surface area contributed by atoms with Gasteiger partial charge in [-0.1, -0.05) is 43.0 Å². The Morgan fingerprint density at radius 3 is 2.75 bits per heavy atom. The Hall–Kier alpha value is -1.56. The lowest BCUT2D eigenvalue weighted by Gasteiger charge is -2.37. The molecule has 4 rings (SSSR count). The Balaban J connectivity index is 1.41. The fourth-order valence-corrected chi connectivity index (χ4v) is 3.71. The highest BCUT2D eigenvalue weighted by molar-refractivity contribution is 6.55. The van der Waals surface area contributed by atoms with Crippen LogP contribution >= 0.6 is 0 Å². The van der Waals surface area contributed by atoms with Crippen LogP contribution < -0.4 is 0 Å². The van der Waals surface area contributed by atoms with Crippen LogP contribution in [0.2, 0.25) is 0 Å². The first-order valence-corrected chi connectivity index (χ1v) is 8.76. The van der Waals surface area contributed by atoms with E-state index >= 15 is 0 Å². The predicted molar refractivity (Wildman–Crippen MR) is 96.3 cm³/mol. The standard InChI is InChI=1S/C19H25BN2O2/c1-15-19(2,3)24-20(23-15)17-11-18-14-21(9-10-22(18)13-17)12-16-7-5-4-6-8-16/h4-8,11,18H,1,9-10,12-14H2,2-3H3/t18-/m0/s1. The van der Waals surface area contributed by atoms with Gasteiger partial charge in [-0.3, -0.25) is 9.80 Å². The molecular formula is C19H25BN2O2. The van der Waals surface area contributed by atoms with E-state index in [0.717, 1.165) is 38.5 Å². The topological polar surface area (TPSA) is 24.9 Å². The number of piperazine rings is 1. The minimum absolute atomic E-state index is 0.263. The lowest BCUT2D eigenvalue weighted by Crippen LogP contribution is -2.50. The third-order valence-corrected chi connectivity index (χ3v) is 5.28. The second-order valence-electron chi connectivity index (χ2n) is 7.50. The molecule has 1 aromatic rings. The maximum Gasteiger partial charge on any atom is 0.560 e. The van der Waals surface area contributed by atoms with Gasteiger partial charge in [0.05, 0.1) is 5.76 Å². The molecule has 1 atom stereocenters. The maximum absolute atomic E-state index is 6.04. The monoisotopic (exact) mass is 324 g/mol. The summed E-state index contributed by atoms with van der Waals surface area (Å²) in [6, 6.07) is 11.2. The third-order valence-electron chi connectivity index (χ3n) is 5.28. The van der Waals surface area contributed by atoms with Crippen LogP contribution in [0.5, 0.6) is 0 Å². The summed E-state index contributed by atoms with van der Waals surface area (Å²) in [5.74, 6) is 0.726. The highest BCUT2D eigenvalue weighted by Gasteiger charge is 2.46. The van der Waals surface area contributed by atoms with Crippen LogP contribution in [0, 0.1) is 0 Å². The van der Waals surface area contributed by atoms with E-state index < -0.39 is 5.60 Å². The van der Waals surface area contributed by atoms with Crippen molar-refractivity contribution in [3.8, 4) is 0 Å². The van der Waals surface area contributed by atoms with E-state index in [1.165, 1.54) is 11.0 Å². The van der Waals surface area contributed by atoms with E-state index in [9.17, 15) is 0 Å². The molecule has 3 aliphatic rings. The Bertz CT molecular complexity index is 659. The largest absolute Gasteiger partial charge is 0.560 e. The normalized spacial score (nSPS) is 27.1. The molecule has 0 aliphatic carbocycles. The summed E-state index contributed by atoms with van der Waals surface area (Å²) in [7, 11) is -0.263. The summed E-state index contributed by atoms with van der Waals surface area (Å²) >= 11 is 0. The van der Waals surface area contributed by atoms with Crippen LogP contribution in [0.25, 0.3) is 0 Å². The number of fused-ring (bicyclic) bond motifs is 1. The number of rotatable bonds is 3. The van der Waals surface area contributed by atoms with Crippen LogP contribution in [0.1, 0.15) is 19.4 Å². The Kier molecular flexibility index (Phi) is 4.03. The molecule has 1 aromatic carbocycles. The predicted octanol–water partition coefficient (Wildman–Crippen LogP) is 2.48. The van der Waals surface area contributed by atoms with Crippen LogP contribution in [-0.2, 0) is 15.9 Å². The fraction of sp³-hybridized carbons (Fsp3) is 0.474. The summed E-state index contributed by atoms with van der Waals surface area (Å²) in [6.07, 6.45) is 2.34. The molecule has 0 unspecified atom stereocenters. The van der Waals surface area contributed by atoms with Gasteiger partial charge >= 0.3 is 7.12 Å². The zero-order valence-electron chi connectivity index (χ0n) is 14.6. The first-order chi connectivity index (χ1) is 11.5. The van der Waals surface area contributed by atoms with E-state index in [4.69, 9.17) is 9.31 Å². The first-order valence-electron chi connectivity index (χ1n) is 8.76. The molecular weight excluding hydrogens is 299 g/mol. The molecule has 4 nitrogen and oxygen atoms in total. The molecule has 0 saturated carbocycles. The molecule has 0 N–H and O–H groups in total. The van der Waals surface area contributed by atoms with Gasteiger partial charge in [0, 0.05) is 38.8 Å². The molecule has 3 heterocycles. The SMILES string of the molecule is C=C1OB(C2=C[C@H]3CN(Cc4ccccc4)CCN3C2)OC1(C)C. The molecule has 126 valence electrons. The molecule has 0 spiro atoms. The molecule has 2 fully saturated rings. The van der Waals surface area contributed by atoms with Gasteiger partial charge in [0.2, 0.25) is 0 Å². The van der Waals surface area contributed by atoms with Crippen LogP contribution in [0.15, 0.2) is 54.2 Å². The van der Waals surface area contributed by atoms with Gasteiger partial charge < -0.3 is 9.31 Å². The van der Waals surface area contributed by atoms with E-state index in [1.807, 2.05) is 13.8 Å². The van der Waals surface area contributed by atoms with Crippen molar-refractivity contribution in [1.29, 1.82) is 0 Å². The van der Waals surface area contributed by atoms with Crippen molar-refractivity contribution in [2.24, 2.45) is 0 Å². The zero-order valence-corrected chi connectivity index (χ0v) is 14.6. The molecule has 0 amide bonds. The van der Waals surface area contributed by atoms with Gasteiger partial charge in [0.15, 0.2) is 0 Å². The second-order valence-corrected chi connectivity index (χ2v) is 7.50. The Labute approximate surface area is 144 Å². The number of nitrogens with zero attached hydrogens (tertiary/aromatic N) is 2. The summed E-state index contributed by atoms with van der Waals surface area (Å²) in [4.78, 5) is 5.06. The van der Waals surface area contributed by atoms with Gasteiger partial charge in [0.25, 0.3) is 0 Å². The summed E-state index contributed by atoms with van der Waals surface area (Å²) < 4.78 is 11.9. The lowest BCUT2D eigenvalue weighted by atomic mass is 9.78. The van der Waals surface area contributed by atoms with Crippen molar-refractivity contribution < 1.29 is 9.31 Å². The van der Waals surface area contributed by atoms with Gasteiger partial charge in [-0.15, -0.1) is 0 Å². The van der Waals surface area contributed by atoms with Gasteiger partial charge in [0.1, 0.15) is 5.60 Å². The van der Waals surface area contributed by atoms with Gasteiger partial charge in [-0.05, 0) is 24.9 Å². The highest BCUT2D eigenvalue weighted by atomic mass is 16.7. The summed E-state index contributed by atoms with van der Waals surface area (Å²) in [5, 5.41) is 0. The molecule has 5 heteroatoms. The summed E-state index contributed by atoms with van der Waals surface area (Å²) in [6.45, 7) is 13.2. The molecule has 2 saturated heterocycles. The quantitative estimate of drug-likeness (QED) is 0.798. The van der Waals surface area contributed by atoms with E-state index in [2.05, 4.69) is 52.8 Å². The van der Waals surface area contributed by atoms with Crippen molar-refractivity contribution in [2.75, 3.05) is 26.2 Å². The van der Waals surface area contributed by atoms with Crippen LogP contribution in [-0.4, -0.2) is 54.7 Å². The Morgan fingerprint density at radius 1 is 1.25 bits per heavy atom. The van der Waals surface area contributed by atoms with Crippen molar-refractivity contribution in [1.82, 2.24) is 9.80 Å². The minimum Gasteiger partial charge on any atom is -0.534 e. The minimum atomic E-state index is -0.395. The van der Waals surface area contributed by atoms with Crippen LogP contribution in [0.3, 0.4) is 0 Å². The first kappa shape index (κ1) is 15.9. The average Bonchev–Trinajstić information content (AvgIpc) is 3.09. The van der Waals surface area contributed by atoms with Crippen molar-refractivity contribution in [2.45, 2.75) is 32.0 Å². The van der Waals surface area contributed by atoms with Gasteiger partial charge in [-0.2, -0.15) is 0 Å². The number of benzene rings is 1. The second kappa shape index (κ2) is 6.06. The highest BCUT2D eigenvalue weighted by Crippen LogP contribution is 2.34. The zero-order chi connectivity index (χ0) is 16.7. The number of hydrogen-bond donors (Lipinski definition) is 0. The summed E-state index contributed by atoms with van der Waals surface area (Å²) in [5.41, 5.74) is 2.23. The maximum atomic E-state index is 6.04. The van der Waals surface area contributed by atoms with E-state index in [-0.39, 0.29) is 7.12 Å². The molecule has 0 bridgehead atoms. The average molecular weight is 324 g/mol. The van der Waals surface area contributed by atoms with Crippen LogP contribution in [0.4, 0.5) is 0 Å². The molecule has 24 heavy (non-hydrogen) atoms. The molecule has 0 radical (unpaired) electrons. The van der Waals surface area contributed by atoms with Crippen molar-refractivity contribution >= 4 is 7.12 Å². The van der Waals surface area contributed by atoms with E-state index in [1.54, 1.807) is 0 Å². The van der Waals surface area contributed by atoms with Gasteiger partial charge in [-0.25, -0.2) is 0 Å². The molecule has 3 aliphatic heterocycles. The third kappa shape index (κ3) is 3.04. The fourth-order valence-electron chi connectivity index (χ4n) is 3.71.